The number of halogens is 3. The number of pyridine rings is 2. The van der Waals surface area contributed by atoms with Crippen LogP contribution in [0.5, 0.6) is 0 Å². The fourth-order valence-electron chi connectivity index (χ4n) is 2.60. The van der Waals surface area contributed by atoms with Crippen LogP contribution >= 0.6 is 0 Å². The van der Waals surface area contributed by atoms with Gasteiger partial charge in [0.15, 0.2) is 0 Å². The van der Waals surface area contributed by atoms with E-state index in [9.17, 15) is 13.2 Å². The monoisotopic (exact) mass is 399 g/mol. The summed E-state index contributed by atoms with van der Waals surface area (Å²) in [5.41, 5.74) is 1.92. The number of anilines is 2. The molecule has 148 valence electrons. The third-order valence-electron chi connectivity index (χ3n) is 4.08. The molecule has 1 aromatic carbocycles. The zero-order valence-electron chi connectivity index (χ0n) is 15.2. The summed E-state index contributed by atoms with van der Waals surface area (Å²) in [6.45, 7) is 1.61. The number of nitrogens with one attached hydrogen (secondary N) is 2. The molecule has 0 aliphatic carbocycles. The Labute approximate surface area is 164 Å². The Morgan fingerprint density at radius 2 is 1.86 bits per heavy atom. The second kappa shape index (κ2) is 8.09. The van der Waals surface area contributed by atoms with E-state index in [4.69, 9.17) is 10.6 Å². The van der Waals surface area contributed by atoms with Gasteiger partial charge in [0.05, 0.1) is 11.4 Å². The topological polar surface area (TPSA) is 94.2 Å². The molecular weight excluding hydrogens is 383 g/mol. The Balaban J connectivity index is 2.00. The summed E-state index contributed by atoms with van der Waals surface area (Å²) in [5, 5.41) is 22.5. The zero-order valence-corrected chi connectivity index (χ0v) is 15.2. The normalized spacial score (nSPS) is 11.9. The van der Waals surface area contributed by atoms with Crippen LogP contribution in [0.2, 0.25) is 0 Å². The first-order chi connectivity index (χ1) is 13.8. The lowest BCUT2D eigenvalue weighted by molar-refractivity contribution is -0.141. The van der Waals surface area contributed by atoms with E-state index in [-0.39, 0.29) is 5.82 Å². The largest absolute Gasteiger partial charge is 0.433 e. The summed E-state index contributed by atoms with van der Waals surface area (Å²) in [6, 6.07) is 13.8. The fourth-order valence-corrected chi connectivity index (χ4v) is 2.60. The first-order valence-electron chi connectivity index (χ1n) is 8.44. The number of alkyl halides is 3. The zero-order chi connectivity index (χ0) is 21.0. The van der Waals surface area contributed by atoms with Gasteiger partial charge in [0.2, 0.25) is 0 Å². The second-order valence-corrected chi connectivity index (χ2v) is 6.07. The van der Waals surface area contributed by atoms with Crippen LogP contribution in [0.15, 0.2) is 59.8 Å². The smallest absolute Gasteiger partial charge is 0.411 e. The van der Waals surface area contributed by atoms with Crippen molar-refractivity contribution in [2.45, 2.75) is 13.1 Å². The van der Waals surface area contributed by atoms with Crippen LogP contribution in [-0.4, -0.2) is 27.1 Å². The molecule has 9 heteroatoms. The molecule has 2 heterocycles. The van der Waals surface area contributed by atoms with Gasteiger partial charge in [-0.05, 0) is 37.3 Å². The molecule has 0 amide bonds. The molecule has 0 bridgehead atoms. The Bertz CT molecular complexity index is 1080. The summed E-state index contributed by atoms with van der Waals surface area (Å²) < 4.78 is 38.7. The third-order valence-corrected chi connectivity index (χ3v) is 4.08. The molecule has 2 aromatic heterocycles. The lowest BCUT2D eigenvalue weighted by atomic mass is 10.1. The van der Waals surface area contributed by atoms with E-state index in [0.29, 0.717) is 33.9 Å². The number of benzene rings is 1. The van der Waals surface area contributed by atoms with Gasteiger partial charge in [-0.1, -0.05) is 29.4 Å². The summed E-state index contributed by atoms with van der Waals surface area (Å²) in [4.78, 5) is 8.02. The molecule has 0 spiro atoms. The molecule has 6 nitrogen and oxygen atoms in total. The highest BCUT2D eigenvalue weighted by Crippen LogP contribution is 2.30. The Hall–Kier alpha value is -3.75. The molecule has 3 aromatic rings. The molecule has 3 rings (SSSR count). The van der Waals surface area contributed by atoms with Crippen molar-refractivity contribution in [1.29, 1.82) is 5.41 Å². The molecule has 0 saturated heterocycles. The maximum atomic E-state index is 12.9. The van der Waals surface area contributed by atoms with Crippen molar-refractivity contribution in [2.24, 2.45) is 5.16 Å². The number of rotatable bonds is 5. The molecule has 0 fully saturated rings. The number of oxime groups is 1. The van der Waals surface area contributed by atoms with E-state index in [0.717, 1.165) is 12.3 Å². The lowest BCUT2D eigenvalue weighted by Crippen LogP contribution is -2.09. The fraction of sp³-hybridized carbons (Fsp3) is 0.100. The van der Waals surface area contributed by atoms with Crippen molar-refractivity contribution in [1.82, 2.24) is 9.97 Å². The van der Waals surface area contributed by atoms with Crippen molar-refractivity contribution >= 4 is 23.4 Å². The van der Waals surface area contributed by atoms with Gasteiger partial charge in [0, 0.05) is 23.0 Å². The minimum absolute atomic E-state index is 0.00467. The highest BCUT2D eigenvalue weighted by molar-refractivity contribution is 5.97. The number of aromatic nitrogens is 2. The van der Waals surface area contributed by atoms with Crippen LogP contribution in [0.4, 0.5) is 24.7 Å². The van der Waals surface area contributed by atoms with Gasteiger partial charge >= 0.3 is 6.18 Å². The van der Waals surface area contributed by atoms with Gasteiger partial charge in [-0.2, -0.15) is 13.2 Å². The van der Waals surface area contributed by atoms with Gasteiger partial charge in [0.1, 0.15) is 17.2 Å². The van der Waals surface area contributed by atoms with E-state index >= 15 is 0 Å². The first kappa shape index (κ1) is 20.0. The molecule has 3 N–H and O–H groups in total. The van der Waals surface area contributed by atoms with E-state index < -0.39 is 11.9 Å². The Morgan fingerprint density at radius 3 is 2.55 bits per heavy atom. The van der Waals surface area contributed by atoms with Crippen LogP contribution in [-0.2, 0) is 6.18 Å². The average molecular weight is 399 g/mol. The van der Waals surface area contributed by atoms with Crippen LogP contribution in [0.1, 0.15) is 23.9 Å². The highest BCUT2D eigenvalue weighted by atomic mass is 19.4. The molecule has 0 aliphatic heterocycles. The molecule has 0 atom stereocenters. The van der Waals surface area contributed by atoms with E-state index in [1.165, 1.54) is 12.1 Å². The predicted octanol–water partition coefficient (Wildman–Crippen LogP) is 5.10. The maximum Gasteiger partial charge on any atom is 0.433 e. The molecule has 0 saturated carbocycles. The van der Waals surface area contributed by atoms with Crippen molar-refractivity contribution in [3.05, 3.63) is 71.5 Å². The Morgan fingerprint density at radius 1 is 1.10 bits per heavy atom. The standard InChI is InChI=1S/C20H16F3N5O/c1-12(28-29)15-4-2-5-16(25-15)13-8-9-14(11-24)17(10-13)26-19-7-3-6-18(27-19)20(21,22)23/h2-11,24,29H,1H3,(H,26,27)/b24-11?,28-12+. The minimum Gasteiger partial charge on any atom is -0.411 e. The molecule has 0 radical (unpaired) electrons. The molecule has 29 heavy (non-hydrogen) atoms. The number of hydrogen-bond acceptors (Lipinski definition) is 6. The van der Waals surface area contributed by atoms with Crippen LogP contribution in [0, 0.1) is 5.41 Å². The van der Waals surface area contributed by atoms with Gasteiger partial charge in [0.25, 0.3) is 0 Å². The minimum atomic E-state index is -4.56. The van der Waals surface area contributed by atoms with Crippen molar-refractivity contribution in [3.63, 3.8) is 0 Å². The summed E-state index contributed by atoms with van der Waals surface area (Å²) in [7, 11) is 0. The predicted molar refractivity (Wildman–Crippen MR) is 104 cm³/mol. The van der Waals surface area contributed by atoms with E-state index in [2.05, 4.69) is 20.4 Å². The van der Waals surface area contributed by atoms with Crippen molar-refractivity contribution in [2.75, 3.05) is 5.32 Å². The van der Waals surface area contributed by atoms with Gasteiger partial charge < -0.3 is 15.9 Å². The average Bonchev–Trinajstić information content (AvgIpc) is 2.73. The second-order valence-electron chi connectivity index (χ2n) is 6.07. The van der Waals surface area contributed by atoms with Gasteiger partial charge in [-0.15, -0.1) is 0 Å². The Kier molecular flexibility index (Phi) is 5.58. The summed E-state index contributed by atoms with van der Waals surface area (Å²) in [6.07, 6.45) is -3.47. The lowest BCUT2D eigenvalue weighted by Gasteiger charge is -2.13. The van der Waals surface area contributed by atoms with Crippen LogP contribution in [0.3, 0.4) is 0 Å². The molecule has 0 aliphatic rings. The van der Waals surface area contributed by atoms with E-state index in [1.54, 1.807) is 43.3 Å². The first-order valence-corrected chi connectivity index (χ1v) is 8.44. The van der Waals surface area contributed by atoms with Gasteiger partial charge in [-0.25, -0.2) is 9.97 Å². The van der Waals surface area contributed by atoms with Gasteiger partial charge in [-0.3, -0.25) is 0 Å². The quantitative estimate of drug-likeness (QED) is 0.316. The summed E-state index contributed by atoms with van der Waals surface area (Å²) >= 11 is 0. The third kappa shape index (κ3) is 4.57. The van der Waals surface area contributed by atoms with E-state index in [1.807, 2.05) is 0 Å². The van der Waals surface area contributed by atoms with Crippen molar-refractivity contribution < 1.29 is 18.4 Å². The van der Waals surface area contributed by atoms with Crippen LogP contribution < -0.4 is 5.32 Å². The highest BCUT2D eigenvalue weighted by Gasteiger charge is 2.32. The van der Waals surface area contributed by atoms with Crippen molar-refractivity contribution in [3.8, 4) is 11.3 Å². The molecular formula is C20H16F3N5O. The SMILES string of the molecule is C/C(=N\O)c1cccc(-c2ccc(C=N)c(Nc3cccc(C(F)(F)F)n3)c2)n1. The summed E-state index contributed by atoms with van der Waals surface area (Å²) in [5.74, 6) is 0.00467. The molecule has 0 unspecified atom stereocenters. The van der Waals surface area contributed by atoms with Crippen LogP contribution in [0.25, 0.3) is 11.3 Å². The number of hydrogen-bond donors (Lipinski definition) is 3. The number of nitrogens with zero attached hydrogens (tertiary/aromatic N) is 3. The maximum absolute atomic E-state index is 12.9.